The molecule has 84 heavy (non-hydrogen) atoms. The van der Waals surface area contributed by atoms with Gasteiger partial charge in [0.25, 0.3) is 0 Å². The van der Waals surface area contributed by atoms with Gasteiger partial charge in [-0.05, 0) is 57.6 Å². The number of Topliss-reactive ketones (excluding diaryl/α,β-unsaturated/α-hetero) is 2. The third-order valence-corrected chi connectivity index (χ3v) is 13.6. The predicted molar refractivity (Wildman–Crippen MR) is 310 cm³/mol. The van der Waals surface area contributed by atoms with Gasteiger partial charge < -0.3 is 88.0 Å². The molecule has 0 aromatic heterocycles. The van der Waals surface area contributed by atoms with E-state index in [1.165, 1.54) is 57.8 Å². The molecule has 1 radical (unpaired) electrons. The molecule has 0 aliphatic heterocycles. The summed E-state index contributed by atoms with van der Waals surface area (Å²) in [7, 11) is 0. The van der Waals surface area contributed by atoms with Gasteiger partial charge in [0.05, 0.1) is 57.4 Å². The van der Waals surface area contributed by atoms with Crippen molar-refractivity contribution in [3.05, 3.63) is 6.92 Å². The summed E-state index contributed by atoms with van der Waals surface area (Å²) in [5.74, 6) is -8.30. The van der Waals surface area contributed by atoms with Crippen molar-refractivity contribution in [3.63, 3.8) is 0 Å². The van der Waals surface area contributed by atoms with E-state index in [1.807, 2.05) is 0 Å². The Hall–Kier alpha value is -4.02. The molecule has 0 aliphatic rings. The van der Waals surface area contributed by atoms with Gasteiger partial charge >= 0.3 is 23.9 Å². The molecule has 0 rings (SSSR count). The van der Waals surface area contributed by atoms with Gasteiger partial charge in [-0.25, -0.2) is 9.59 Å². The Morgan fingerprint density at radius 3 is 1.49 bits per heavy atom. The molecule has 4 amide bonds. The van der Waals surface area contributed by atoms with E-state index < -0.39 is 72.7 Å². The fourth-order valence-corrected chi connectivity index (χ4v) is 8.59. The number of ether oxygens (including phenoxy) is 4. The number of rotatable bonds is 58. The number of aldehydes is 1. The van der Waals surface area contributed by atoms with Crippen LogP contribution in [0.25, 0.3) is 0 Å². The number of nitrogens with one attached hydrogen (secondary N) is 4. The molecule has 0 saturated heterocycles. The molecule has 27 heteroatoms. The van der Waals surface area contributed by atoms with Gasteiger partial charge in [-0.1, -0.05) is 89.9 Å². The predicted octanol–water partition coefficient (Wildman–Crippen LogP) is 4.20. The van der Waals surface area contributed by atoms with Gasteiger partial charge in [-0.15, -0.1) is 5.92 Å². The number of carbonyl (C=O) groups is 11. The molecular formula is C57H100N5O20SY-. The van der Waals surface area contributed by atoms with Crippen LogP contribution in [0.2, 0.25) is 0 Å². The molecule has 0 aliphatic carbocycles. The van der Waals surface area contributed by atoms with Crippen LogP contribution in [0.1, 0.15) is 174 Å². The van der Waals surface area contributed by atoms with Crippen molar-refractivity contribution < 1.29 is 130 Å². The first kappa shape index (κ1) is 84.2. The van der Waals surface area contributed by atoms with Gasteiger partial charge in [0.15, 0.2) is 0 Å². The van der Waals surface area contributed by atoms with Gasteiger partial charge in [-0.2, -0.15) is 11.8 Å². The summed E-state index contributed by atoms with van der Waals surface area (Å²) in [6.45, 7) is 5.40. The number of aliphatic hydroxyl groups excluding tert-OH is 1. The van der Waals surface area contributed by atoms with Crippen LogP contribution in [-0.4, -0.2) is 193 Å². The number of thioether (sulfide) groups is 1. The fraction of sp³-hybridized carbons (Fsp3) is 0.789. The Morgan fingerprint density at radius 2 is 0.988 bits per heavy atom. The minimum absolute atomic E-state index is 0. The van der Waals surface area contributed by atoms with Crippen LogP contribution in [0.15, 0.2) is 0 Å². The van der Waals surface area contributed by atoms with Crippen molar-refractivity contribution in [2.24, 2.45) is 17.6 Å². The van der Waals surface area contributed by atoms with Crippen molar-refractivity contribution >= 4 is 77.1 Å². The fourth-order valence-electron chi connectivity index (χ4n) is 7.72. The van der Waals surface area contributed by atoms with Crippen molar-refractivity contribution in [3.8, 4) is 0 Å². The number of unbranched alkanes of at least 4 members (excludes halogenated alkanes) is 16. The van der Waals surface area contributed by atoms with Crippen LogP contribution in [-0.2, 0) is 104 Å². The molecule has 0 saturated carbocycles. The standard InChI is InChI=1S/C54H93N4O19S.C3H7NO.Y/c1-41(46(61)35-42(36-59)52(68)69)39-78-40-50(65)55-27-19-18-22-44(53(70)71)58-49(64)38-77-34-32-75-30-28-56-48(63)37-76-33-31-74-29-20-21-43(60)25-26-45(54(72)73)57-47(62)23-16-14-12-10-8-6-4-2-3-5-7-9-11-13-15-17-24-51(66)67;1-3(4)2-5;/h41-42,44-45,59H,1-40H2,(H,55,65)(H,56,63)(H,57,62)(H,58,64)(H,66,67)(H,68,69)(H,70,71)(H,72,73);2-3H,4H2,1H3;/q-1;;/t41-,42-,44-,45+;3-;/m00./s1. The number of ketones is 2. The van der Waals surface area contributed by atoms with Crippen LogP contribution >= 0.6 is 11.8 Å². The first-order valence-corrected chi connectivity index (χ1v) is 30.5. The van der Waals surface area contributed by atoms with Gasteiger partial charge in [-0.3, -0.25) is 33.6 Å². The minimum atomic E-state index is -1.28. The molecule has 11 N–H and O–H groups in total. The Bertz CT molecular complexity index is 1820. The van der Waals surface area contributed by atoms with Crippen molar-refractivity contribution in [2.75, 3.05) is 84.1 Å². The first-order chi connectivity index (χ1) is 39.7. The van der Waals surface area contributed by atoms with Gasteiger partial charge in [0.1, 0.15) is 43.2 Å². The number of carboxylic acids is 4. The SMILES string of the molecule is C[C@H](N)C=O.[CH2-][C@@H](CSCC(=O)NCCCC[C@H](NC(=O)COCCOCCNC(=O)COCCOCCCC(=O)CC[C@@H](NC(=O)CCCCCCCCCCCCCCCCCCC(=O)O)C(=O)O)C(=O)O)C(=O)C[C@@H](CO)C(=O)O.[Y]. The van der Waals surface area contributed by atoms with Gasteiger partial charge in [0.2, 0.25) is 23.6 Å². The van der Waals surface area contributed by atoms with E-state index in [9.17, 15) is 63.0 Å². The number of amides is 4. The molecule has 0 aromatic rings. The van der Waals surface area contributed by atoms with E-state index in [0.29, 0.717) is 32.0 Å². The maximum atomic E-state index is 12.4. The summed E-state index contributed by atoms with van der Waals surface area (Å²) in [5, 5.41) is 56.0. The van der Waals surface area contributed by atoms with Crippen LogP contribution < -0.4 is 27.0 Å². The third kappa shape index (κ3) is 57.1. The number of aliphatic hydroxyl groups is 1. The zero-order chi connectivity index (χ0) is 62.3. The summed E-state index contributed by atoms with van der Waals surface area (Å²) < 4.78 is 21.4. The zero-order valence-corrected chi connectivity index (χ0v) is 53.3. The Morgan fingerprint density at radius 1 is 0.524 bits per heavy atom. The molecule has 0 bridgehead atoms. The monoisotopic (exact) mass is 1300 g/mol. The second kappa shape index (κ2) is 59.3. The van der Waals surface area contributed by atoms with Crippen molar-refractivity contribution in [1.82, 2.24) is 21.3 Å². The normalized spacial score (nSPS) is 12.6. The van der Waals surface area contributed by atoms with E-state index in [1.54, 1.807) is 6.92 Å². The molecule has 0 aromatic carbocycles. The van der Waals surface area contributed by atoms with Crippen LogP contribution in [0.5, 0.6) is 0 Å². The van der Waals surface area contributed by atoms with Gasteiger partial charge in [0, 0.05) is 84.5 Å². The maximum absolute atomic E-state index is 12.4. The summed E-state index contributed by atoms with van der Waals surface area (Å²) in [4.78, 5) is 128. The molecule has 25 nitrogen and oxygen atoms in total. The van der Waals surface area contributed by atoms with E-state index in [2.05, 4.69) is 28.2 Å². The Balaban J connectivity index is -0.0000104. The maximum Gasteiger partial charge on any atom is 0.326 e. The molecule has 0 heterocycles. The Labute approximate surface area is 525 Å². The summed E-state index contributed by atoms with van der Waals surface area (Å²) in [6, 6.07) is -2.59. The third-order valence-electron chi connectivity index (χ3n) is 12.5. The average Bonchev–Trinajstić information content (AvgIpc) is 3.46. The second-order valence-electron chi connectivity index (χ2n) is 20.3. The largest absolute Gasteiger partial charge is 0.481 e. The number of nitrogens with two attached hydrogens (primary N) is 1. The Kier molecular flexibility index (Phi) is 59.5. The number of carbonyl (C=O) groups excluding carboxylic acids is 7. The van der Waals surface area contributed by atoms with Crippen LogP contribution in [0, 0.1) is 18.8 Å². The minimum Gasteiger partial charge on any atom is -0.481 e. The summed E-state index contributed by atoms with van der Waals surface area (Å²) in [6.07, 6.45) is 20.1. The number of hydrogen-bond donors (Lipinski definition) is 10. The van der Waals surface area contributed by atoms with Crippen LogP contribution in [0.3, 0.4) is 0 Å². The molecule has 483 valence electrons. The number of hydrogen-bond acceptors (Lipinski definition) is 18. The topological polar surface area (TPSA) is 400 Å². The van der Waals surface area contributed by atoms with Crippen LogP contribution in [0.4, 0.5) is 0 Å². The summed E-state index contributed by atoms with van der Waals surface area (Å²) in [5.41, 5.74) is 4.92. The molecule has 0 spiro atoms. The van der Waals surface area contributed by atoms with Crippen molar-refractivity contribution in [1.29, 1.82) is 0 Å². The van der Waals surface area contributed by atoms with E-state index in [4.69, 9.17) is 40.0 Å². The number of carboxylic acid groups (broad SMARTS) is 4. The first-order valence-electron chi connectivity index (χ1n) is 29.3. The van der Waals surface area contributed by atoms with E-state index in [-0.39, 0.29) is 178 Å². The zero-order valence-electron chi connectivity index (χ0n) is 49.7. The molecule has 5 atom stereocenters. The molecule has 0 unspecified atom stereocenters. The van der Waals surface area contributed by atoms with E-state index >= 15 is 0 Å². The van der Waals surface area contributed by atoms with E-state index in [0.717, 1.165) is 50.3 Å². The quantitative estimate of drug-likeness (QED) is 0.0232. The van der Waals surface area contributed by atoms with Crippen molar-refractivity contribution in [2.45, 2.75) is 192 Å². The smallest absolute Gasteiger partial charge is 0.326 e. The number of aliphatic carboxylic acids is 4. The average molecular weight is 1300 g/mol. The molecular weight excluding hydrogens is 1200 g/mol. The summed E-state index contributed by atoms with van der Waals surface area (Å²) >= 11 is 1.15. The second-order valence-corrected chi connectivity index (χ2v) is 21.3. The molecule has 0 fully saturated rings.